The largest absolute Gasteiger partial charge is 0.481 e. The van der Waals surface area contributed by atoms with Crippen LogP contribution in [0.3, 0.4) is 0 Å². The summed E-state index contributed by atoms with van der Waals surface area (Å²) in [6, 6.07) is 0. The summed E-state index contributed by atoms with van der Waals surface area (Å²) in [5.41, 5.74) is -1.58. The molecule has 0 aromatic rings. The van der Waals surface area contributed by atoms with Gasteiger partial charge >= 0.3 is 17.9 Å². The highest BCUT2D eigenvalue weighted by Crippen LogP contribution is 2.74. The number of aliphatic hydroxyl groups excluding tert-OH is 7. The lowest BCUT2D eigenvalue weighted by Crippen LogP contribution is -2.67. The number of aliphatic hydroxyl groups is 7. The van der Waals surface area contributed by atoms with Crippen LogP contribution >= 0.6 is 0 Å². The van der Waals surface area contributed by atoms with Crippen LogP contribution in [0.25, 0.3) is 0 Å². The molecular weight excluding hydrogens is 776 g/mol. The molecule has 0 amide bonds. The van der Waals surface area contributed by atoms with Gasteiger partial charge < -0.3 is 70.0 Å². The van der Waals surface area contributed by atoms with Gasteiger partial charge in [0.1, 0.15) is 36.6 Å². The Balaban J connectivity index is 1.20. The summed E-state index contributed by atoms with van der Waals surface area (Å²) in [5.74, 6) is -4.41. The molecule has 17 heteroatoms. The molecule has 0 radical (unpaired) electrons. The quantitative estimate of drug-likeness (QED) is 0.152. The number of ether oxygens (including phenoxy) is 4. The number of aliphatic carboxylic acids is 3. The van der Waals surface area contributed by atoms with E-state index >= 15 is 0 Å². The molecular formula is C42H62O17. The summed E-state index contributed by atoms with van der Waals surface area (Å²) in [4.78, 5) is 36.5. The molecule has 3 saturated carbocycles. The number of hydrogen-bond acceptors (Lipinski definition) is 14. The molecule has 5 fully saturated rings. The Hall–Kier alpha value is -2.55. The molecule has 10 N–H and O–H groups in total. The molecule has 7 aliphatic rings. The summed E-state index contributed by atoms with van der Waals surface area (Å²) in [5, 5.41) is 106. The highest BCUT2D eigenvalue weighted by Gasteiger charge is 2.68. The molecule has 0 aromatic carbocycles. The number of carboxylic acids is 3. The number of allylic oxidation sites excluding steroid dienone is 3. The molecule has 332 valence electrons. The van der Waals surface area contributed by atoms with Crippen molar-refractivity contribution in [1.29, 1.82) is 0 Å². The van der Waals surface area contributed by atoms with Crippen LogP contribution in [0, 0.1) is 44.3 Å². The van der Waals surface area contributed by atoms with Crippen LogP contribution in [0.1, 0.15) is 92.9 Å². The monoisotopic (exact) mass is 838 g/mol. The summed E-state index contributed by atoms with van der Waals surface area (Å²) in [6.45, 7) is 12.1. The topological polar surface area (TPSA) is 290 Å². The fraction of sp³-hybridized carbons (Fsp3) is 0.833. The van der Waals surface area contributed by atoms with E-state index in [2.05, 4.69) is 39.8 Å². The van der Waals surface area contributed by atoms with E-state index in [1.807, 2.05) is 6.92 Å². The van der Waals surface area contributed by atoms with Crippen LogP contribution < -0.4 is 0 Å². The Morgan fingerprint density at radius 2 is 1.36 bits per heavy atom. The van der Waals surface area contributed by atoms with Crippen LogP contribution in [0.4, 0.5) is 0 Å². The number of fused-ring (bicyclic) bond motifs is 6. The second-order valence-electron chi connectivity index (χ2n) is 20.2. The minimum atomic E-state index is -2.08. The van der Waals surface area contributed by atoms with Gasteiger partial charge in [0.25, 0.3) is 0 Å². The second kappa shape index (κ2) is 14.8. The van der Waals surface area contributed by atoms with Gasteiger partial charge in [-0.15, -0.1) is 0 Å². The number of carboxylic acid groups (broad SMARTS) is 3. The van der Waals surface area contributed by atoms with Crippen LogP contribution in [-0.2, 0) is 33.3 Å². The maximum Gasteiger partial charge on any atom is 0.335 e. The van der Waals surface area contributed by atoms with Crippen molar-refractivity contribution in [3.8, 4) is 0 Å². The summed E-state index contributed by atoms with van der Waals surface area (Å²) in [6.07, 6.45) is -12.8. The Morgan fingerprint density at radius 3 is 1.95 bits per heavy atom. The molecule has 0 bridgehead atoms. The molecule has 7 rings (SSSR count). The molecule has 2 aliphatic heterocycles. The molecule has 5 aliphatic carbocycles. The molecule has 17 nitrogen and oxygen atoms in total. The van der Waals surface area contributed by atoms with Crippen molar-refractivity contribution in [1.82, 2.24) is 0 Å². The number of hydrogen-bond donors (Lipinski definition) is 10. The average molecular weight is 839 g/mol. The molecule has 20 atom stereocenters. The van der Waals surface area contributed by atoms with Crippen LogP contribution in [0.15, 0.2) is 23.3 Å². The SMILES string of the molecule is C[C@@]1(C(=O)O)CC2=C3C=C[C@@H]4[C@@]5(C)CC[C@H](O[C@@H]6O[C@H](C(=O)O)[C@@H](O)[C@H](O)[C@H]6O[C@@H]6O[C@H](C(=O)O)[C@@H](O)[C@H](O)[C@H]6O)[C@](C)(CO)[C@@H]5CC[C@@]4(C)[C@]3(C)CC[C@@]2(C)[C@H](O)C1. The average Bonchev–Trinajstić information content (AvgIpc) is 3.16. The van der Waals surface area contributed by atoms with Gasteiger partial charge in [0.2, 0.25) is 0 Å². The third-order valence-corrected chi connectivity index (χ3v) is 17.1. The maximum absolute atomic E-state index is 12.5. The normalized spacial score (nSPS) is 53.4. The van der Waals surface area contributed by atoms with Gasteiger partial charge in [-0.25, -0.2) is 9.59 Å². The zero-order valence-corrected chi connectivity index (χ0v) is 34.4. The van der Waals surface area contributed by atoms with E-state index in [0.717, 1.165) is 24.0 Å². The zero-order valence-electron chi connectivity index (χ0n) is 34.4. The number of rotatable bonds is 8. The van der Waals surface area contributed by atoms with E-state index in [9.17, 15) is 65.4 Å². The molecule has 59 heavy (non-hydrogen) atoms. The van der Waals surface area contributed by atoms with Gasteiger partial charge in [0, 0.05) is 10.8 Å². The van der Waals surface area contributed by atoms with Crippen LogP contribution in [-0.4, -0.2) is 149 Å². The van der Waals surface area contributed by atoms with Crippen molar-refractivity contribution in [2.45, 2.75) is 167 Å². The van der Waals surface area contributed by atoms with E-state index < -0.39 is 113 Å². The molecule has 2 saturated heterocycles. The standard InChI is InChI=1S/C42H62O17/c1-37(36(54)55)15-19-18-7-8-21-39(3)11-10-23(40(4,17-43)20(39)9-12-42(21,6)41(18,5)14-13-38(19,2)22(44)16-37)56-35-31(27(48)26(47)30(58-35)33(52)53)59-34-28(49)24(45)25(46)29(57-34)32(50)51/h7-8,20-31,34-35,43-49H,9-17H2,1-6H3,(H,50,51)(H,52,53)(H,54,55)/t20-,21-,22-,23+,24+,25+,26+,27+,28-,29+,30+,31-,34+,35-,37-,38-,39+,40-,41-,42-/m1/s1. The predicted molar refractivity (Wildman–Crippen MR) is 202 cm³/mol. The highest BCUT2D eigenvalue weighted by atomic mass is 16.8. The van der Waals surface area contributed by atoms with E-state index in [0.29, 0.717) is 32.1 Å². The van der Waals surface area contributed by atoms with E-state index in [4.69, 9.17) is 18.9 Å². The molecule has 0 aromatic heterocycles. The Labute approximate surface area is 342 Å². The van der Waals surface area contributed by atoms with E-state index in [1.54, 1.807) is 6.92 Å². The second-order valence-corrected chi connectivity index (χ2v) is 20.2. The van der Waals surface area contributed by atoms with Crippen molar-refractivity contribution in [3.05, 3.63) is 23.3 Å². The first-order valence-electron chi connectivity index (χ1n) is 20.8. The summed E-state index contributed by atoms with van der Waals surface area (Å²) in [7, 11) is 0. The lowest BCUT2D eigenvalue weighted by molar-refractivity contribution is -0.372. The Bertz CT molecular complexity index is 1770. The number of carbonyl (C=O) groups is 3. The first-order chi connectivity index (χ1) is 27.3. The van der Waals surface area contributed by atoms with Crippen molar-refractivity contribution < 1.29 is 84.4 Å². The summed E-state index contributed by atoms with van der Waals surface area (Å²) < 4.78 is 23.3. The van der Waals surface area contributed by atoms with Gasteiger partial charge in [-0.2, -0.15) is 0 Å². The minimum absolute atomic E-state index is 0.00271. The fourth-order valence-electron chi connectivity index (χ4n) is 13.0. The Kier molecular flexibility index (Phi) is 11.2. The van der Waals surface area contributed by atoms with Crippen LogP contribution in [0.2, 0.25) is 0 Å². The Morgan fingerprint density at radius 1 is 0.746 bits per heavy atom. The maximum atomic E-state index is 12.5. The lowest BCUT2D eigenvalue weighted by Gasteiger charge is -2.70. The van der Waals surface area contributed by atoms with Gasteiger partial charge in [-0.05, 0) is 91.9 Å². The zero-order chi connectivity index (χ0) is 43.6. The third kappa shape index (κ3) is 6.39. The highest BCUT2D eigenvalue weighted by molar-refractivity contribution is 5.76. The van der Waals surface area contributed by atoms with E-state index in [1.165, 1.54) is 0 Å². The van der Waals surface area contributed by atoms with Gasteiger partial charge in [0.05, 0.1) is 24.2 Å². The van der Waals surface area contributed by atoms with Crippen molar-refractivity contribution >= 4 is 17.9 Å². The predicted octanol–water partition coefficient (Wildman–Crippen LogP) is 0.930. The first-order valence-corrected chi connectivity index (χ1v) is 20.8. The summed E-state index contributed by atoms with van der Waals surface area (Å²) >= 11 is 0. The first kappa shape index (κ1) is 44.5. The third-order valence-electron chi connectivity index (χ3n) is 17.1. The van der Waals surface area contributed by atoms with Crippen molar-refractivity contribution in [2.24, 2.45) is 44.3 Å². The molecule has 2 heterocycles. The van der Waals surface area contributed by atoms with Gasteiger partial charge in [-0.1, -0.05) is 52.3 Å². The van der Waals surface area contributed by atoms with Gasteiger partial charge in [-0.3, -0.25) is 4.79 Å². The fourth-order valence-corrected chi connectivity index (χ4v) is 13.0. The van der Waals surface area contributed by atoms with Crippen molar-refractivity contribution in [3.63, 3.8) is 0 Å². The van der Waals surface area contributed by atoms with Crippen molar-refractivity contribution in [2.75, 3.05) is 6.61 Å². The molecule has 0 spiro atoms. The van der Waals surface area contributed by atoms with Crippen LogP contribution in [0.5, 0.6) is 0 Å². The van der Waals surface area contributed by atoms with E-state index in [-0.39, 0.29) is 35.7 Å². The lowest BCUT2D eigenvalue weighted by atomic mass is 9.35. The smallest absolute Gasteiger partial charge is 0.335 e. The van der Waals surface area contributed by atoms with Gasteiger partial charge in [0.15, 0.2) is 24.8 Å². The minimum Gasteiger partial charge on any atom is -0.481 e. The molecule has 0 unspecified atom stereocenters.